The van der Waals surface area contributed by atoms with E-state index in [1.807, 2.05) is 30.3 Å². The topological polar surface area (TPSA) is 32.3 Å². The highest BCUT2D eigenvalue weighted by Gasteiger charge is 2.35. The molecular weight excluding hydrogens is 236 g/mol. The monoisotopic (exact) mass is 258 g/mol. The summed E-state index contributed by atoms with van der Waals surface area (Å²) < 4.78 is 0. The molecule has 1 aromatic rings. The first-order valence-electron chi connectivity index (χ1n) is 7.38. The second-order valence-corrected chi connectivity index (χ2v) is 5.67. The zero-order valence-electron chi connectivity index (χ0n) is 11.3. The second kappa shape index (κ2) is 5.85. The van der Waals surface area contributed by atoms with Crippen LogP contribution < -0.4 is 5.32 Å². The molecule has 1 N–H and O–H groups in total. The summed E-state index contributed by atoms with van der Waals surface area (Å²) in [6.07, 6.45) is 3.99. The highest BCUT2D eigenvalue weighted by molar-refractivity contribution is 5.86. The van der Waals surface area contributed by atoms with Crippen molar-refractivity contribution in [2.75, 3.05) is 19.6 Å². The van der Waals surface area contributed by atoms with Gasteiger partial charge in [-0.2, -0.15) is 0 Å². The van der Waals surface area contributed by atoms with E-state index in [2.05, 4.69) is 10.2 Å². The van der Waals surface area contributed by atoms with Gasteiger partial charge >= 0.3 is 0 Å². The van der Waals surface area contributed by atoms with E-state index >= 15 is 0 Å². The molecule has 2 atom stereocenters. The van der Waals surface area contributed by atoms with Crippen molar-refractivity contribution in [1.82, 2.24) is 10.2 Å². The molecule has 2 heterocycles. The van der Waals surface area contributed by atoms with Gasteiger partial charge in [-0.3, -0.25) is 9.69 Å². The van der Waals surface area contributed by atoms with E-state index in [0.29, 0.717) is 18.2 Å². The van der Waals surface area contributed by atoms with Crippen LogP contribution in [0.25, 0.3) is 0 Å². The molecule has 2 fully saturated rings. The molecule has 0 aliphatic carbocycles. The Balaban J connectivity index is 1.65. The Bertz CT molecular complexity index is 426. The third-order valence-electron chi connectivity index (χ3n) is 4.39. The fourth-order valence-corrected chi connectivity index (χ4v) is 3.41. The average molecular weight is 258 g/mol. The predicted octanol–water partition coefficient (Wildman–Crippen LogP) is 1.62. The minimum atomic E-state index is 0.158. The zero-order valence-corrected chi connectivity index (χ0v) is 11.3. The summed E-state index contributed by atoms with van der Waals surface area (Å²) in [5.74, 6) is 0.399. The molecule has 1 aromatic carbocycles. The van der Waals surface area contributed by atoms with Crippen molar-refractivity contribution in [3.05, 3.63) is 35.9 Å². The summed E-state index contributed by atoms with van der Waals surface area (Å²) in [5.41, 5.74) is 1.14. The third kappa shape index (κ3) is 2.88. The largest absolute Gasteiger partial charge is 0.315 e. The Hall–Kier alpha value is -1.19. The lowest BCUT2D eigenvalue weighted by atomic mass is 10.0. The molecule has 102 valence electrons. The SMILES string of the molecule is O=C(Cc1ccccc1)[C@H]1CCCN1C1CCNC1. The van der Waals surface area contributed by atoms with Crippen molar-refractivity contribution in [3.63, 3.8) is 0 Å². The Labute approximate surface area is 115 Å². The van der Waals surface area contributed by atoms with Crippen LogP contribution >= 0.6 is 0 Å². The van der Waals surface area contributed by atoms with Crippen molar-refractivity contribution >= 4 is 5.78 Å². The first-order chi connectivity index (χ1) is 9.34. The Morgan fingerprint density at radius 2 is 2.11 bits per heavy atom. The number of nitrogens with zero attached hydrogens (tertiary/aromatic N) is 1. The van der Waals surface area contributed by atoms with Crippen molar-refractivity contribution in [3.8, 4) is 0 Å². The van der Waals surface area contributed by atoms with Gasteiger partial charge in [0.1, 0.15) is 0 Å². The van der Waals surface area contributed by atoms with Gasteiger partial charge in [-0.05, 0) is 37.9 Å². The minimum absolute atomic E-state index is 0.158. The van der Waals surface area contributed by atoms with E-state index in [-0.39, 0.29) is 6.04 Å². The van der Waals surface area contributed by atoms with Gasteiger partial charge in [0.25, 0.3) is 0 Å². The number of carbonyl (C=O) groups is 1. The van der Waals surface area contributed by atoms with Crippen LogP contribution in [0.1, 0.15) is 24.8 Å². The Morgan fingerprint density at radius 1 is 1.26 bits per heavy atom. The van der Waals surface area contributed by atoms with Gasteiger partial charge in [0.05, 0.1) is 6.04 Å². The molecule has 19 heavy (non-hydrogen) atoms. The van der Waals surface area contributed by atoms with Crippen LogP contribution in [-0.2, 0) is 11.2 Å². The van der Waals surface area contributed by atoms with E-state index in [9.17, 15) is 4.79 Å². The molecule has 0 amide bonds. The van der Waals surface area contributed by atoms with Crippen LogP contribution in [0.3, 0.4) is 0 Å². The van der Waals surface area contributed by atoms with Crippen LogP contribution in [0.2, 0.25) is 0 Å². The lowest BCUT2D eigenvalue weighted by Gasteiger charge is -2.29. The summed E-state index contributed by atoms with van der Waals surface area (Å²) >= 11 is 0. The minimum Gasteiger partial charge on any atom is -0.315 e. The molecule has 0 saturated carbocycles. The van der Waals surface area contributed by atoms with Gasteiger partial charge in [-0.25, -0.2) is 0 Å². The fraction of sp³-hybridized carbons (Fsp3) is 0.562. The molecular formula is C16H22N2O. The number of Topliss-reactive ketones (excluding diaryl/α,β-unsaturated/α-hetero) is 1. The van der Waals surface area contributed by atoms with Crippen LogP contribution in [0.5, 0.6) is 0 Å². The van der Waals surface area contributed by atoms with Gasteiger partial charge in [0, 0.05) is 19.0 Å². The summed E-state index contributed by atoms with van der Waals surface area (Å²) in [4.78, 5) is 15.0. The van der Waals surface area contributed by atoms with Crippen molar-refractivity contribution < 1.29 is 4.79 Å². The van der Waals surface area contributed by atoms with E-state index in [1.54, 1.807) is 0 Å². The Morgan fingerprint density at radius 3 is 2.84 bits per heavy atom. The number of hydrogen-bond acceptors (Lipinski definition) is 3. The van der Waals surface area contributed by atoms with E-state index in [0.717, 1.165) is 31.6 Å². The zero-order chi connectivity index (χ0) is 13.1. The quantitative estimate of drug-likeness (QED) is 0.891. The Kier molecular flexibility index (Phi) is 3.95. The molecule has 1 unspecified atom stereocenters. The standard InChI is InChI=1S/C16H22N2O/c19-16(11-13-5-2-1-3-6-13)15-7-4-10-18(15)14-8-9-17-12-14/h1-3,5-6,14-15,17H,4,7-12H2/t14?,15-/m1/s1. The lowest BCUT2D eigenvalue weighted by Crippen LogP contribution is -2.44. The number of hydrogen-bond donors (Lipinski definition) is 1. The molecule has 3 nitrogen and oxygen atoms in total. The normalized spacial score (nSPS) is 27.8. The van der Waals surface area contributed by atoms with Crippen LogP contribution in [0.4, 0.5) is 0 Å². The van der Waals surface area contributed by atoms with Gasteiger partial charge < -0.3 is 5.32 Å². The van der Waals surface area contributed by atoms with Crippen LogP contribution in [0, 0.1) is 0 Å². The van der Waals surface area contributed by atoms with Crippen molar-refractivity contribution in [1.29, 1.82) is 0 Å². The molecule has 2 aliphatic heterocycles. The van der Waals surface area contributed by atoms with Crippen LogP contribution in [-0.4, -0.2) is 42.4 Å². The first kappa shape index (κ1) is 12.8. The van der Waals surface area contributed by atoms with Gasteiger partial charge in [0.2, 0.25) is 0 Å². The molecule has 2 saturated heterocycles. The molecule has 0 aromatic heterocycles. The maximum absolute atomic E-state index is 12.5. The van der Waals surface area contributed by atoms with Gasteiger partial charge in [-0.1, -0.05) is 30.3 Å². The second-order valence-electron chi connectivity index (χ2n) is 5.67. The third-order valence-corrected chi connectivity index (χ3v) is 4.39. The maximum Gasteiger partial charge on any atom is 0.154 e. The number of ketones is 1. The van der Waals surface area contributed by atoms with Crippen LogP contribution in [0.15, 0.2) is 30.3 Å². The highest BCUT2D eigenvalue weighted by atomic mass is 16.1. The molecule has 2 aliphatic rings. The number of carbonyl (C=O) groups excluding carboxylic acids is 1. The first-order valence-corrected chi connectivity index (χ1v) is 7.38. The summed E-state index contributed by atoms with van der Waals surface area (Å²) in [7, 11) is 0. The van der Waals surface area contributed by atoms with Gasteiger partial charge in [-0.15, -0.1) is 0 Å². The number of likely N-dealkylation sites (tertiary alicyclic amines) is 1. The lowest BCUT2D eigenvalue weighted by molar-refractivity contribution is -0.123. The highest BCUT2D eigenvalue weighted by Crippen LogP contribution is 2.24. The summed E-state index contributed by atoms with van der Waals surface area (Å²) in [5, 5.41) is 3.41. The molecule has 0 radical (unpaired) electrons. The van der Waals surface area contributed by atoms with E-state index in [1.165, 1.54) is 12.8 Å². The van der Waals surface area contributed by atoms with E-state index < -0.39 is 0 Å². The van der Waals surface area contributed by atoms with Gasteiger partial charge in [0.15, 0.2) is 5.78 Å². The molecule has 3 heteroatoms. The van der Waals surface area contributed by atoms with Crippen molar-refractivity contribution in [2.45, 2.75) is 37.8 Å². The molecule has 0 bridgehead atoms. The molecule has 0 spiro atoms. The summed E-state index contributed by atoms with van der Waals surface area (Å²) in [6.45, 7) is 3.24. The predicted molar refractivity (Wildman–Crippen MR) is 76.2 cm³/mol. The maximum atomic E-state index is 12.5. The number of nitrogens with one attached hydrogen (secondary N) is 1. The summed E-state index contributed by atoms with van der Waals surface area (Å²) in [6, 6.07) is 10.9. The number of benzene rings is 1. The smallest absolute Gasteiger partial charge is 0.154 e. The fourth-order valence-electron chi connectivity index (χ4n) is 3.41. The molecule has 3 rings (SSSR count). The van der Waals surface area contributed by atoms with Crippen molar-refractivity contribution in [2.24, 2.45) is 0 Å². The van der Waals surface area contributed by atoms with E-state index in [4.69, 9.17) is 0 Å². The number of rotatable bonds is 4. The average Bonchev–Trinajstić information content (AvgIpc) is 3.10.